The molecule has 0 radical (unpaired) electrons. The summed E-state index contributed by atoms with van der Waals surface area (Å²) in [6.45, 7) is 2.39. The van der Waals surface area contributed by atoms with Gasteiger partial charge in [0.05, 0.1) is 10.0 Å². The summed E-state index contributed by atoms with van der Waals surface area (Å²) in [5, 5.41) is 10.2. The molecular formula is C11H12Cl2O. The lowest BCUT2D eigenvalue weighted by atomic mass is 9.96. The summed E-state index contributed by atoms with van der Waals surface area (Å²) in [6, 6.07) is 5.71. The quantitative estimate of drug-likeness (QED) is 0.828. The van der Waals surface area contributed by atoms with Gasteiger partial charge in [-0.15, -0.1) is 0 Å². The first-order valence-electron chi connectivity index (χ1n) is 4.64. The van der Waals surface area contributed by atoms with Crippen LogP contribution in [0.5, 0.6) is 0 Å². The largest absolute Gasteiger partial charge is 0.396 e. The summed E-state index contributed by atoms with van der Waals surface area (Å²) < 4.78 is 0. The zero-order chi connectivity index (χ0) is 10.3. The Labute approximate surface area is 93.7 Å². The van der Waals surface area contributed by atoms with E-state index in [4.69, 9.17) is 28.3 Å². The van der Waals surface area contributed by atoms with Crippen molar-refractivity contribution in [3.63, 3.8) is 0 Å². The zero-order valence-corrected chi connectivity index (χ0v) is 9.44. The van der Waals surface area contributed by atoms with Crippen LogP contribution in [0.4, 0.5) is 0 Å². The molecule has 0 saturated heterocycles. The lowest BCUT2D eigenvalue weighted by molar-refractivity contribution is 0.265. The highest BCUT2D eigenvalue weighted by molar-refractivity contribution is 6.42. The maximum Gasteiger partial charge on any atom is 0.0595 e. The van der Waals surface area contributed by atoms with Crippen molar-refractivity contribution in [1.29, 1.82) is 0 Å². The van der Waals surface area contributed by atoms with E-state index in [0.29, 0.717) is 16.0 Å². The number of benzene rings is 1. The van der Waals surface area contributed by atoms with Crippen molar-refractivity contribution >= 4 is 23.2 Å². The molecule has 1 aliphatic carbocycles. The van der Waals surface area contributed by atoms with Crippen molar-refractivity contribution in [2.24, 2.45) is 5.92 Å². The summed E-state index contributed by atoms with van der Waals surface area (Å²) in [6.07, 6.45) is 1.03. The molecule has 1 fully saturated rings. The van der Waals surface area contributed by atoms with E-state index in [9.17, 15) is 0 Å². The zero-order valence-electron chi connectivity index (χ0n) is 7.93. The summed E-state index contributed by atoms with van der Waals surface area (Å²) in [7, 11) is 0. The Morgan fingerprint density at radius 2 is 2.14 bits per heavy atom. The fourth-order valence-corrected chi connectivity index (χ4v) is 2.22. The summed E-state index contributed by atoms with van der Waals surface area (Å²) in [4.78, 5) is 0. The molecule has 0 bridgehead atoms. The minimum atomic E-state index is 0.100. The predicted molar refractivity (Wildman–Crippen MR) is 59.0 cm³/mol. The van der Waals surface area contributed by atoms with E-state index in [-0.39, 0.29) is 12.0 Å². The normalized spacial score (nSPS) is 30.4. The molecule has 0 heterocycles. The van der Waals surface area contributed by atoms with Gasteiger partial charge in [-0.05, 0) is 35.4 Å². The first kappa shape index (κ1) is 10.3. The van der Waals surface area contributed by atoms with Gasteiger partial charge in [0.25, 0.3) is 0 Å². The van der Waals surface area contributed by atoms with Crippen LogP contribution in [0.25, 0.3) is 0 Å². The average molecular weight is 231 g/mol. The molecule has 0 amide bonds. The average Bonchev–Trinajstić information content (AvgIpc) is 2.83. The van der Waals surface area contributed by atoms with Crippen molar-refractivity contribution in [3.05, 3.63) is 33.8 Å². The Bertz CT molecular complexity index is 364. The van der Waals surface area contributed by atoms with Gasteiger partial charge in [0.1, 0.15) is 0 Å². The summed E-state index contributed by atoms with van der Waals surface area (Å²) >= 11 is 11.8. The first-order chi connectivity index (χ1) is 6.58. The van der Waals surface area contributed by atoms with Crippen LogP contribution >= 0.6 is 23.2 Å². The Kier molecular flexibility index (Phi) is 2.50. The molecule has 3 heteroatoms. The minimum Gasteiger partial charge on any atom is -0.396 e. The monoisotopic (exact) mass is 230 g/mol. The summed E-state index contributed by atoms with van der Waals surface area (Å²) in [5.41, 5.74) is 1.27. The van der Waals surface area contributed by atoms with Crippen molar-refractivity contribution < 1.29 is 5.11 Å². The molecule has 1 N–H and O–H groups in total. The van der Waals surface area contributed by atoms with Gasteiger partial charge < -0.3 is 5.11 Å². The molecule has 2 rings (SSSR count). The van der Waals surface area contributed by atoms with Gasteiger partial charge in [-0.1, -0.05) is 36.2 Å². The highest BCUT2D eigenvalue weighted by Gasteiger charge is 2.50. The number of rotatable bonds is 2. The van der Waals surface area contributed by atoms with E-state index in [1.807, 2.05) is 18.2 Å². The number of halogens is 2. The number of hydrogen-bond donors (Lipinski definition) is 1. The molecule has 2 atom stereocenters. The second-order valence-electron chi connectivity index (χ2n) is 4.13. The molecule has 0 spiro atoms. The third kappa shape index (κ3) is 1.54. The second-order valence-corrected chi connectivity index (χ2v) is 4.94. The molecule has 1 aliphatic rings. The molecule has 1 nitrogen and oxygen atoms in total. The highest BCUT2D eigenvalue weighted by Crippen LogP contribution is 2.54. The van der Waals surface area contributed by atoms with Gasteiger partial charge in [0, 0.05) is 6.61 Å². The smallest absolute Gasteiger partial charge is 0.0595 e. The first-order valence-corrected chi connectivity index (χ1v) is 5.40. The van der Waals surface area contributed by atoms with Crippen LogP contribution in [0, 0.1) is 5.92 Å². The van der Waals surface area contributed by atoms with Gasteiger partial charge in [-0.3, -0.25) is 0 Å². The van der Waals surface area contributed by atoms with Crippen LogP contribution in [-0.4, -0.2) is 11.7 Å². The molecule has 76 valence electrons. The fourth-order valence-electron chi connectivity index (χ4n) is 1.92. The molecule has 1 saturated carbocycles. The number of hydrogen-bond acceptors (Lipinski definition) is 1. The molecule has 1 aromatic rings. The van der Waals surface area contributed by atoms with Crippen molar-refractivity contribution in [1.82, 2.24) is 0 Å². The molecule has 0 aliphatic heterocycles. The topological polar surface area (TPSA) is 20.2 Å². The van der Waals surface area contributed by atoms with Gasteiger partial charge in [-0.2, -0.15) is 0 Å². The Morgan fingerprint density at radius 1 is 1.43 bits per heavy atom. The standard InChI is InChI=1S/C11H12Cl2O/c1-11(5-8(11)6-14)7-2-3-9(12)10(13)4-7/h2-4,8,14H,5-6H2,1H3/t8-,11-/m1/s1. The predicted octanol–water partition coefficient (Wildman–Crippen LogP) is 3.26. The van der Waals surface area contributed by atoms with Crippen LogP contribution in [0.1, 0.15) is 18.9 Å². The lowest BCUT2D eigenvalue weighted by Gasteiger charge is -2.11. The fraction of sp³-hybridized carbons (Fsp3) is 0.455. The van der Waals surface area contributed by atoms with Crippen molar-refractivity contribution in [2.45, 2.75) is 18.8 Å². The van der Waals surface area contributed by atoms with Crippen molar-refractivity contribution in [2.75, 3.05) is 6.61 Å². The van der Waals surface area contributed by atoms with Gasteiger partial charge in [-0.25, -0.2) is 0 Å². The summed E-state index contributed by atoms with van der Waals surface area (Å²) in [5.74, 6) is 0.375. The van der Waals surface area contributed by atoms with Crippen LogP contribution in [-0.2, 0) is 5.41 Å². The Balaban J connectivity index is 2.31. The second kappa shape index (κ2) is 3.41. The van der Waals surface area contributed by atoms with E-state index in [2.05, 4.69) is 6.92 Å². The van der Waals surface area contributed by atoms with Crippen LogP contribution in [0.3, 0.4) is 0 Å². The van der Waals surface area contributed by atoms with E-state index in [0.717, 1.165) is 6.42 Å². The number of aliphatic hydroxyl groups excluding tert-OH is 1. The van der Waals surface area contributed by atoms with Crippen LogP contribution < -0.4 is 0 Å². The van der Waals surface area contributed by atoms with Crippen molar-refractivity contribution in [3.8, 4) is 0 Å². The Morgan fingerprint density at radius 3 is 2.64 bits per heavy atom. The molecular weight excluding hydrogens is 219 g/mol. The SMILES string of the molecule is C[C@]1(c2ccc(Cl)c(Cl)c2)C[C@@H]1CO. The Hall–Kier alpha value is -0.240. The van der Waals surface area contributed by atoms with Gasteiger partial charge in [0.15, 0.2) is 0 Å². The van der Waals surface area contributed by atoms with Crippen LogP contribution in [0.2, 0.25) is 10.0 Å². The third-order valence-electron chi connectivity index (χ3n) is 3.21. The molecule has 14 heavy (non-hydrogen) atoms. The maximum absolute atomic E-state index is 9.07. The third-order valence-corrected chi connectivity index (χ3v) is 3.95. The molecule has 0 unspecified atom stereocenters. The molecule has 0 aromatic heterocycles. The van der Waals surface area contributed by atoms with Gasteiger partial charge in [0.2, 0.25) is 0 Å². The van der Waals surface area contributed by atoms with E-state index in [1.165, 1.54) is 5.56 Å². The van der Waals surface area contributed by atoms with Gasteiger partial charge >= 0.3 is 0 Å². The molecule has 1 aromatic carbocycles. The van der Waals surface area contributed by atoms with Crippen LogP contribution in [0.15, 0.2) is 18.2 Å². The van der Waals surface area contributed by atoms with E-state index >= 15 is 0 Å². The maximum atomic E-state index is 9.07. The highest BCUT2D eigenvalue weighted by atomic mass is 35.5. The lowest BCUT2D eigenvalue weighted by Crippen LogP contribution is -2.06. The minimum absolute atomic E-state index is 0.100. The number of aliphatic hydroxyl groups is 1. The van der Waals surface area contributed by atoms with E-state index < -0.39 is 0 Å². The van der Waals surface area contributed by atoms with E-state index in [1.54, 1.807) is 0 Å².